The predicted molar refractivity (Wildman–Crippen MR) is 102 cm³/mol. The molecule has 0 N–H and O–H groups in total. The minimum Gasteiger partial charge on any atom is -0.0678 e. The van der Waals surface area contributed by atoms with Crippen LogP contribution in [0.25, 0.3) is 0 Å². The maximum Gasteiger partial charge on any atom is 0.0532 e. The van der Waals surface area contributed by atoms with E-state index in [1.165, 1.54) is 60.7 Å². The summed E-state index contributed by atoms with van der Waals surface area (Å²) >= 11 is 0. The van der Waals surface area contributed by atoms with Gasteiger partial charge in [-0.1, -0.05) is 110 Å². The van der Waals surface area contributed by atoms with Crippen LogP contribution in [0.4, 0.5) is 0 Å². The summed E-state index contributed by atoms with van der Waals surface area (Å²) in [5.74, 6) is 0. The summed E-state index contributed by atoms with van der Waals surface area (Å²) in [6, 6.07) is 9.20. The molecule has 0 fully saturated rings. The fourth-order valence-electron chi connectivity index (χ4n) is 4.84. The predicted octanol–water partition coefficient (Wildman–Crippen LogP) is 7.49. The molecule has 0 aromatic carbocycles. The number of hydrogen-bond acceptors (Lipinski definition) is 0. The van der Waals surface area contributed by atoms with Crippen LogP contribution >= 0.6 is 0 Å². The summed E-state index contributed by atoms with van der Waals surface area (Å²) < 4.78 is 0. The highest BCUT2D eigenvalue weighted by Gasteiger charge is 2.47. The molecule has 0 saturated heterocycles. The van der Waals surface area contributed by atoms with E-state index in [1.54, 1.807) is 6.42 Å². The van der Waals surface area contributed by atoms with Crippen LogP contribution in [0, 0.1) is 0 Å². The van der Waals surface area contributed by atoms with Crippen LogP contribution in [0.15, 0.2) is 0 Å². The van der Waals surface area contributed by atoms with E-state index >= 15 is 0 Å². The topological polar surface area (TPSA) is 0 Å². The Kier molecular flexibility index (Phi) is 10.4. The third kappa shape index (κ3) is 4.46. The second-order valence-electron chi connectivity index (χ2n) is 6.89. The Morgan fingerprint density at radius 2 is 0.900 bits per heavy atom. The molecule has 0 aliphatic carbocycles. The molecule has 0 aliphatic rings. The highest BCUT2D eigenvalue weighted by molar-refractivity contribution is 6.99. The largest absolute Gasteiger partial charge is 0.0678 e. The van der Waals surface area contributed by atoms with Crippen molar-refractivity contribution in [2.45, 2.75) is 116 Å². The van der Waals surface area contributed by atoms with Gasteiger partial charge >= 0.3 is 0 Å². The van der Waals surface area contributed by atoms with Gasteiger partial charge in [-0.05, 0) is 5.16 Å². The van der Waals surface area contributed by atoms with Gasteiger partial charge < -0.3 is 0 Å². The first-order valence-electron chi connectivity index (χ1n) is 9.56. The van der Waals surface area contributed by atoms with Crippen molar-refractivity contribution in [3.63, 3.8) is 0 Å². The zero-order valence-corrected chi connectivity index (χ0v) is 17.6. The first-order chi connectivity index (χ1) is 9.56. The standard InChI is InChI=1S/C18H42Si2/c1-8-15-16-17-18(19(9-2,10-3)11-4)20(12-5,13-6)14-7/h18H,8-17H2,1-7H3. The molecule has 0 nitrogen and oxygen atoms in total. The molecule has 0 amide bonds. The molecule has 0 atom stereocenters. The van der Waals surface area contributed by atoms with E-state index in [9.17, 15) is 0 Å². The van der Waals surface area contributed by atoms with Gasteiger partial charge in [0.05, 0.1) is 16.1 Å². The average molecular weight is 315 g/mol. The van der Waals surface area contributed by atoms with Gasteiger partial charge in [0.25, 0.3) is 0 Å². The van der Waals surface area contributed by atoms with Crippen molar-refractivity contribution in [2.75, 3.05) is 0 Å². The van der Waals surface area contributed by atoms with Gasteiger partial charge in [-0.2, -0.15) is 0 Å². The maximum absolute atomic E-state index is 2.52. The fourth-order valence-corrected chi connectivity index (χ4v) is 21.3. The van der Waals surface area contributed by atoms with Gasteiger partial charge in [0.2, 0.25) is 0 Å². The van der Waals surface area contributed by atoms with Crippen molar-refractivity contribution in [3.8, 4) is 0 Å². The molecule has 0 saturated carbocycles. The van der Waals surface area contributed by atoms with E-state index in [0.29, 0.717) is 0 Å². The SMILES string of the molecule is CCCCCC([Si](CC)(CC)CC)[Si](CC)(CC)CC. The van der Waals surface area contributed by atoms with E-state index in [1.807, 2.05) is 0 Å². The molecule has 0 unspecified atom stereocenters. The van der Waals surface area contributed by atoms with Crippen molar-refractivity contribution in [1.29, 1.82) is 0 Å². The lowest BCUT2D eigenvalue weighted by molar-refractivity contribution is 0.666. The van der Waals surface area contributed by atoms with Gasteiger partial charge in [0, 0.05) is 0 Å². The van der Waals surface area contributed by atoms with Gasteiger partial charge in [-0.25, -0.2) is 0 Å². The highest BCUT2D eigenvalue weighted by atomic mass is 28.4. The lowest BCUT2D eigenvalue weighted by atomic mass is 10.2. The zero-order chi connectivity index (χ0) is 15.6. The summed E-state index contributed by atoms with van der Waals surface area (Å²) in [7, 11) is -2.07. The quantitative estimate of drug-likeness (QED) is 0.258. The molecule has 122 valence electrons. The van der Waals surface area contributed by atoms with Crippen LogP contribution in [-0.4, -0.2) is 16.1 Å². The number of hydrogen-bond donors (Lipinski definition) is 0. The molecular formula is C18H42Si2. The Bertz CT molecular complexity index is 193. The van der Waals surface area contributed by atoms with Gasteiger partial charge in [0.1, 0.15) is 0 Å². The lowest BCUT2D eigenvalue weighted by Gasteiger charge is -2.48. The minimum atomic E-state index is -1.03. The molecular weight excluding hydrogens is 272 g/mol. The van der Waals surface area contributed by atoms with Crippen LogP contribution < -0.4 is 0 Å². The van der Waals surface area contributed by atoms with Gasteiger partial charge in [0.15, 0.2) is 0 Å². The molecule has 2 heteroatoms. The van der Waals surface area contributed by atoms with E-state index in [-0.39, 0.29) is 0 Å². The normalized spacial score (nSPS) is 13.2. The summed E-state index contributed by atoms with van der Waals surface area (Å²) in [6.07, 6.45) is 5.92. The molecule has 0 bridgehead atoms. The monoisotopic (exact) mass is 314 g/mol. The molecule has 0 aromatic rings. The maximum atomic E-state index is 2.52. The summed E-state index contributed by atoms with van der Waals surface area (Å²) in [6.45, 7) is 17.5. The molecule has 0 aromatic heterocycles. The van der Waals surface area contributed by atoms with Crippen LogP contribution in [0.5, 0.6) is 0 Å². The van der Waals surface area contributed by atoms with E-state index in [2.05, 4.69) is 48.5 Å². The number of unbranched alkanes of at least 4 members (excludes halogenated alkanes) is 2. The third-order valence-electron chi connectivity index (χ3n) is 6.80. The number of rotatable bonds is 12. The first kappa shape index (κ1) is 20.4. The molecule has 0 aliphatic heterocycles. The zero-order valence-electron chi connectivity index (χ0n) is 15.6. The average Bonchev–Trinajstić information content (AvgIpc) is 2.51. The van der Waals surface area contributed by atoms with Gasteiger partial charge in [-0.15, -0.1) is 0 Å². The Hall–Kier alpha value is 0.434. The Morgan fingerprint density at radius 1 is 0.550 bits per heavy atom. The molecule has 0 radical (unpaired) electrons. The molecule has 20 heavy (non-hydrogen) atoms. The fraction of sp³-hybridized carbons (Fsp3) is 1.00. The van der Waals surface area contributed by atoms with Crippen LogP contribution in [0.2, 0.25) is 41.4 Å². The smallest absolute Gasteiger partial charge is 0.0532 e. The van der Waals surface area contributed by atoms with Gasteiger partial charge in [-0.3, -0.25) is 0 Å². The van der Waals surface area contributed by atoms with Crippen molar-refractivity contribution < 1.29 is 0 Å². The first-order valence-corrected chi connectivity index (χ1v) is 15.0. The van der Waals surface area contributed by atoms with Crippen molar-refractivity contribution in [3.05, 3.63) is 0 Å². The van der Waals surface area contributed by atoms with E-state index in [0.717, 1.165) is 0 Å². The minimum absolute atomic E-state index is 1.03. The second-order valence-corrected chi connectivity index (χ2v) is 18.6. The van der Waals surface area contributed by atoms with Crippen molar-refractivity contribution in [1.82, 2.24) is 0 Å². The van der Waals surface area contributed by atoms with Crippen LogP contribution in [0.1, 0.15) is 74.1 Å². The molecule has 0 heterocycles. The molecule has 0 spiro atoms. The lowest BCUT2D eigenvalue weighted by Crippen LogP contribution is -2.52. The van der Waals surface area contributed by atoms with E-state index in [4.69, 9.17) is 0 Å². The van der Waals surface area contributed by atoms with Crippen molar-refractivity contribution >= 4 is 16.1 Å². The Labute approximate surface area is 132 Å². The van der Waals surface area contributed by atoms with Crippen LogP contribution in [-0.2, 0) is 0 Å². The summed E-state index contributed by atoms with van der Waals surface area (Å²) in [5.41, 5.74) is 0. The Morgan fingerprint density at radius 3 is 1.15 bits per heavy atom. The molecule has 0 rings (SSSR count). The highest BCUT2D eigenvalue weighted by Crippen LogP contribution is 2.47. The second kappa shape index (κ2) is 10.2. The summed E-state index contributed by atoms with van der Waals surface area (Å²) in [4.78, 5) is 0. The van der Waals surface area contributed by atoms with Crippen molar-refractivity contribution in [2.24, 2.45) is 0 Å². The Balaban J connectivity index is 5.43. The van der Waals surface area contributed by atoms with E-state index < -0.39 is 16.1 Å². The summed E-state index contributed by atoms with van der Waals surface area (Å²) in [5, 5.41) is 1.20. The third-order valence-corrected chi connectivity index (χ3v) is 22.5. The van der Waals surface area contributed by atoms with Crippen LogP contribution in [0.3, 0.4) is 0 Å².